The molecule has 0 aliphatic heterocycles. The summed E-state index contributed by atoms with van der Waals surface area (Å²) in [5, 5.41) is 9.83. The monoisotopic (exact) mass is 257 g/mol. The predicted molar refractivity (Wildman–Crippen MR) is 74.3 cm³/mol. The van der Waals surface area contributed by atoms with Crippen molar-refractivity contribution in [2.75, 3.05) is 11.9 Å². The molecular weight excluding hydrogens is 245 g/mol. The van der Waals surface area contributed by atoms with Gasteiger partial charge in [-0.25, -0.2) is 14.8 Å². The fourth-order valence-electron chi connectivity index (χ4n) is 2.21. The Morgan fingerprint density at radius 3 is 2.95 bits per heavy atom. The number of nitrogens with one attached hydrogen (secondary N) is 1. The summed E-state index contributed by atoms with van der Waals surface area (Å²) in [5.74, 6) is -0.290. The molecule has 0 amide bonds. The van der Waals surface area contributed by atoms with E-state index in [1.807, 2.05) is 31.5 Å². The highest BCUT2D eigenvalue weighted by molar-refractivity contribution is 6.20. The van der Waals surface area contributed by atoms with E-state index >= 15 is 0 Å². The Labute approximate surface area is 109 Å². The fourth-order valence-corrected chi connectivity index (χ4v) is 2.21. The molecule has 0 fully saturated rings. The standard InChI is InChI=1S/C11H12BN5O2/c1-16-4-13-7-8(16)5-3-6(11(18)19)14-9(5)15-10(7)17(2)12/h3-4H,12H2,1-2H3,(H,14,15)(H,18,19). The summed E-state index contributed by atoms with van der Waals surface area (Å²) >= 11 is 0. The topological polar surface area (TPSA) is 87.0 Å². The molecule has 19 heavy (non-hydrogen) atoms. The van der Waals surface area contributed by atoms with Crippen molar-refractivity contribution in [2.45, 2.75) is 0 Å². The predicted octanol–water partition coefficient (Wildman–Crippen LogP) is 0.132. The first kappa shape index (κ1) is 11.6. The summed E-state index contributed by atoms with van der Waals surface area (Å²) in [5.41, 5.74) is 2.31. The maximum atomic E-state index is 11.1. The van der Waals surface area contributed by atoms with Gasteiger partial charge in [0.05, 0.1) is 11.8 Å². The molecule has 0 aliphatic rings. The van der Waals surface area contributed by atoms with E-state index in [2.05, 4.69) is 15.0 Å². The van der Waals surface area contributed by atoms with Gasteiger partial charge >= 0.3 is 5.97 Å². The summed E-state index contributed by atoms with van der Waals surface area (Å²) in [6.45, 7) is 0. The average Bonchev–Trinajstić information content (AvgIpc) is 2.91. The highest BCUT2D eigenvalue weighted by atomic mass is 16.4. The van der Waals surface area contributed by atoms with Crippen LogP contribution >= 0.6 is 0 Å². The smallest absolute Gasteiger partial charge is 0.352 e. The molecule has 7 nitrogen and oxygen atoms in total. The number of carbonyl (C=O) groups is 1. The molecule has 3 aromatic rings. The molecule has 0 aliphatic carbocycles. The molecule has 8 heteroatoms. The number of nitrogens with zero attached hydrogens (tertiary/aromatic N) is 4. The van der Waals surface area contributed by atoms with Crippen LogP contribution in [0.3, 0.4) is 0 Å². The quantitative estimate of drug-likeness (QED) is 0.637. The van der Waals surface area contributed by atoms with E-state index in [0.717, 1.165) is 16.4 Å². The van der Waals surface area contributed by atoms with Crippen LogP contribution in [0.25, 0.3) is 22.1 Å². The molecule has 96 valence electrons. The third-order valence-electron chi connectivity index (χ3n) is 3.07. The lowest BCUT2D eigenvalue weighted by Gasteiger charge is -2.12. The van der Waals surface area contributed by atoms with E-state index in [1.54, 1.807) is 12.4 Å². The Hall–Kier alpha value is -2.51. The van der Waals surface area contributed by atoms with Crippen LogP contribution in [-0.2, 0) is 7.05 Å². The van der Waals surface area contributed by atoms with Crippen molar-refractivity contribution in [1.82, 2.24) is 19.5 Å². The SMILES string of the molecule is BN(C)c1nc2[nH]c(C(=O)O)cc2c2c1ncn2C. The maximum Gasteiger partial charge on any atom is 0.352 e. The van der Waals surface area contributed by atoms with E-state index in [1.165, 1.54) is 0 Å². The van der Waals surface area contributed by atoms with Gasteiger partial charge in [-0.15, -0.1) is 0 Å². The number of imidazole rings is 1. The number of hydrogen-bond acceptors (Lipinski definition) is 4. The number of aromatic nitrogens is 4. The molecule has 3 heterocycles. The van der Waals surface area contributed by atoms with Crippen molar-refractivity contribution in [3.05, 3.63) is 18.1 Å². The Kier molecular flexibility index (Phi) is 2.28. The van der Waals surface area contributed by atoms with Gasteiger partial charge in [0, 0.05) is 12.4 Å². The Morgan fingerprint density at radius 2 is 2.32 bits per heavy atom. The minimum atomic E-state index is -1.00. The van der Waals surface area contributed by atoms with Gasteiger partial charge in [0.1, 0.15) is 22.7 Å². The van der Waals surface area contributed by atoms with Crippen LogP contribution in [0.1, 0.15) is 10.5 Å². The molecule has 0 radical (unpaired) electrons. The van der Waals surface area contributed by atoms with Crippen LogP contribution < -0.4 is 4.81 Å². The number of aromatic carboxylic acids is 1. The van der Waals surface area contributed by atoms with Crippen molar-refractivity contribution in [1.29, 1.82) is 0 Å². The number of rotatable bonds is 2. The number of hydrogen-bond donors (Lipinski definition) is 2. The van der Waals surface area contributed by atoms with Crippen LogP contribution in [0.2, 0.25) is 0 Å². The third kappa shape index (κ3) is 1.56. The first-order chi connectivity index (χ1) is 8.99. The van der Waals surface area contributed by atoms with Crippen LogP contribution in [0.5, 0.6) is 0 Å². The van der Waals surface area contributed by atoms with Crippen molar-refractivity contribution in [3.8, 4) is 0 Å². The first-order valence-electron chi connectivity index (χ1n) is 5.73. The zero-order chi connectivity index (χ0) is 13.7. The normalized spacial score (nSPS) is 11.3. The first-order valence-corrected chi connectivity index (χ1v) is 5.73. The van der Waals surface area contributed by atoms with Crippen LogP contribution in [-0.4, -0.2) is 45.6 Å². The van der Waals surface area contributed by atoms with Crippen molar-refractivity contribution >= 4 is 41.8 Å². The van der Waals surface area contributed by atoms with Crippen molar-refractivity contribution < 1.29 is 9.90 Å². The lowest BCUT2D eigenvalue weighted by atomic mass is 10.2. The number of carboxylic acids is 1. The van der Waals surface area contributed by atoms with Gasteiger partial charge in [-0.3, -0.25) is 0 Å². The zero-order valence-electron chi connectivity index (χ0n) is 10.8. The number of carboxylic acid groups (broad SMARTS) is 1. The van der Waals surface area contributed by atoms with Crippen LogP contribution in [0.15, 0.2) is 12.4 Å². The number of fused-ring (bicyclic) bond motifs is 3. The number of anilines is 1. The fraction of sp³-hybridized carbons (Fsp3) is 0.182. The average molecular weight is 257 g/mol. The van der Waals surface area contributed by atoms with Gasteiger partial charge in [0.2, 0.25) is 7.98 Å². The van der Waals surface area contributed by atoms with Gasteiger partial charge in [-0.05, 0) is 13.1 Å². The molecule has 0 bridgehead atoms. The minimum Gasteiger partial charge on any atom is -0.477 e. The summed E-state index contributed by atoms with van der Waals surface area (Å²) in [7, 11) is 5.63. The van der Waals surface area contributed by atoms with E-state index in [4.69, 9.17) is 5.11 Å². The van der Waals surface area contributed by atoms with Gasteiger partial charge in [-0.1, -0.05) is 0 Å². The minimum absolute atomic E-state index is 0.126. The van der Waals surface area contributed by atoms with Gasteiger partial charge in [0.25, 0.3) is 0 Å². The third-order valence-corrected chi connectivity index (χ3v) is 3.07. The second kappa shape index (κ2) is 3.74. The Balaban J connectivity index is 2.49. The summed E-state index contributed by atoms with van der Waals surface area (Å²) in [4.78, 5) is 24.5. The van der Waals surface area contributed by atoms with Crippen molar-refractivity contribution in [3.63, 3.8) is 0 Å². The van der Waals surface area contributed by atoms with Crippen molar-refractivity contribution in [2.24, 2.45) is 7.05 Å². The molecule has 3 rings (SSSR count). The van der Waals surface area contributed by atoms with Gasteiger partial charge in [-0.2, -0.15) is 0 Å². The molecule has 0 saturated heterocycles. The molecule has 0 saturated carbocycles. The maximum absolute atomic E-state index is 11.1. The summed E-state index contributed by atoms with van der Waals surface area (Å²) < 4.78 is 1.87. The van der Waals surface area contributed by atoms with E-state index in [-0.39, 0.29) is 5.69 Å². The van der Waals surface area contributed by atoms with E-state index in [9.17, 15) is 4.79 Å². The zero-order valence-corrected chi connectivity index (χ0v) is 10.8. The Morgan fingerprint density at radius 1 is 1.58 bits per heavy atom. The van der Waals surface area contributed by atoms with E-state index < -0.39 is 5.97 Å². The largest absolute Gasteiger partial charge is 0.477 e. The highest BCUT2D eigenvalue weighted by Crippen LogP contribution is 2.29. The van der Waals surface area contributed by atoms with Crippen LogP contribution in [0.4, 0.5) is 5.82 Å². The molecule has 2 N–H and O–H groups in total. The Bertz CT molecular complexity index is 804. The second-order valence-corrected chi connectivity index (χ2v) is 4.63. The number of aromatic amines is 1. The second-order valence-electron chi connectivity index (χ2n) is 4.63. The van der Waals surface area contributed by atoms with E-state index in [0.29, 0.717) is 11.5 Å². The molecule has 3 aromatic heterocycles. The number of H-pyrrole nitrogens is 1. The lowest BCUT2D eigenvalue weighted by molar-refractivity contribution is 0.0691. The molecular formula is C11H12BN5O2. The molecule has 0 unspecified atom stereocenters. The number of aryl methyl sites for hydroxylation is 1. The van der Waals surface area contributed by atoms with Gasteiger partial charge < -0.3 is 19.5 Å². The molecule has 0 aromatic carbocycles. The summed E-state index contributed by atoms with van der Waals surface area (Å²) in [6.07, 6.45) is 1.70. The highest BCUT2D eigenvalue weighted by Gasteiger charge is 2.17. The summed E-state index contributed by atoms with van der Waals surface area (Å²) in [6, 6.07) is 1.59. The van der Waals surface area contributed by atoms with Gasteiger partial charge in [0.15, 0.2) is 0 Å². The van der Waals surface area contributed by atoms with Crippen LogP contribution in [0, 0.1) is 0 Å². The lowest BCUT2D eigenvalue weighted by Crippen LogP contribution is -2.13. The molecule has 0 spiro atoms. The molecule has 0 atom stereocenters. The number of pyridine rings is 1.